The fraction of sp³-hybridized carbons (Fsp3) is 0.273. The van der Waals surface area contributed by atoms with Gasteiger partial charge in [0, 0.05) is 15.6 Å². The predicted molar refractivity (Wildman–Crippen MR) is 121 cm³/mol. The largest absolute Gasteiger partial charge is 0.493 e. The number of hydrogen-bond acceptors (Lipinski definition) is 5. The smallest absolute Gasteiger partial charge is 0.293 e. The molecule has 1 fully saturated rings. The van der Waals surface area contributed by atoms with Gasteiger partial charge in [0.1, 0.15) is 0 Å². The maximum atomic E-state index is 12.8. The highest BCUT2D eigenvalue weighted by Crippen LogP contribution is 2.37. The highest BCUT2D eigenvalue weighted by atomic mass is 35.5. The lowest BCUT2D eigenvalue weighted by Gasteiger charge is -2.14. The Hall–Kier alpha value is -2.15. The number of amides is 2. The molecule has 1 aliphatic heterocycles. The second-order valence-electron chi connectivity index (χ2n) is 7.08. The van der Waals surface area contributed by atoms with Crippen LogP contribution in [0.5, 0.6) is 11.5 Å². The first-order valence-corrected chi connectivity index (χ1v) is 10.9. The van der Waals surface area contributed by atoms with Crippen molar-refractivity contribution in [3.63, 3.8) is 0 Å². The Labute approximate surface area is 189 Å². The van der Waals surface area contributed by atoms with Crippen LogP contribution in [0, 0.1) is 5.92 Å². The Morgan fingerprint density at radius 2 is 1.80 bits per heavy atom. The summed E-state index contributed by atoms with van der Waals surface area (Å²) < 4.78 is 11.2. The molecular weight excluding hydrogens is 445 g/mol. The molecule has 2 aromatic rings. The number of hydrogen-bond donors (Lipinski definition) is 0. The van der Waals surface area contributed by atoms with Gasteiger partial charge in [-0.1, -0.05) is 49.2 Å². The first-order valence-electron chi connectivity index (χ1n) is 9.29. The molecule has 1 heterocycles. The third-order valence-electron chi connectivity index (χ3n) is 4.31. The molecular formula is C22H21Cl2NO4S. The maximum Gasteiger partial charge on any atom is 0.293 e. The summed E-state index contributed by atoms with van der Waals surface area (Å²) in [7, 11) is 1.56. The number of halogens is 2. The van der Waals surface area contributed by atoms with Crippen molar-refractivity contribution < 1.29 is 19.1 Å². The van der Waals surface area contributed by atoms with Crippen LogP contribution < -0.4 is 9.47 Å². The molecule has 0 aliphatic carbocycles. The van der Waals surface area contributed by atoms with Gasteiger partial charge in [-0.05, 0) is 53.6 Å². The molecule has 0 unspecified atom stereocenters. The van der Waals surface area contributed by atoms with Gasteiger partial charge < -0.3 is 9.47 Å². The van der Waals surface area contributed by atoms with E-state index < -0.39 is 0 Å². The Morgan fingerprint density at radius 3 is 2.43 bits per heavy atom. The number of imide groups is 1. The Balaban J connectivity index is 1.81. The molecule has 2 aromatic carbocycles. The average Bonchev–Trinajstić information content (AvgIpc) is 2.96. The molecule has 30 heavy (non-hydrogen) atoms. The number of benzene rings is 2. The second-order valence-corrected chi connectivity index (χ2v) is 8.89. The summed E-state index contributed by atoms with van der Waals surface area (Å²) in [6.45, 7) is 4.71. The minimum atomic E-state index is -0.389. The third kappa shape index (κ3) is 5.12. The zero-order chi connectivity index (χ0) is 21.8. The molecule has 3 rings (SSSR count). The van der Waals surface area contributed by atoms with Gasteiger partial charge in [-0.15, -0.1) is 0 Å². The van der Waals surface area contributed by atoms with Gasteiger partial charge in [0.25, 0.3) is 11.1 Å². The maximum absolute atomic E-state index is 12.8. The molecule has 0 spiro atoms. The monoisotopic (exact) mass is 465 g/mol. The van der Waals surface area contributed by atoms with Gasteiger partial charge in [0.2, 0.25) is 0 Å². The number of ether oxygens (including phenoxy) is 2. The Kier molecular flexibility index (Phi) is 7.34. The summed E-state index contributed by atoms with van der Waals surface area (Å²) in [5.41, 5.74) is 1.27. The summed E-state index contributed by atoms with van der Waals surface area (Å²) in [4.78, 5) is 26.7. The summed E-state index contributed by atoms with van der Waals surface area (Å²) in [5, 5.41) is 0.450. The number of nitrogens with zero attached hydrogens (tertiary/aromatic N) is 1. The van der Waals surface area contributed by atoms with Crippen LogP contribution >= 0.6 is 35.0 Å². The first-order chi connectivity index (χ1) is 14.3. The van der Waals surface area contributed by atoms with Crippen LogP contribution in [0.2, 0.25) is 10.0 Å². The van der Waals surface area contributed by atoms with Crippen molar-refractivity contribution in [3.8, 4) is 11.5 Å². The Bertz CT molecular complexity index is 986. The van der Waals surface area contributed by atoms with E-state index in [2.05, 4.69) is 13.8 Å². The van der Waals surface area contributed by atoms with E-state index in [1.165, 1.54) is 0 Å². The fourth-order valence-corrected chi connectivity index (χ4v) is 4.13. The normalized spacial score (nSPS) is 15.4. The van der Waals surface area contributed by atoms with E-state index in [1.54, 1.807) is 43.5 Å². The highest BCUT2D eigenvalue weighted by Gasteiger charge is 2.35. The van der Waals surface area contributed by atoms with E-state index in [4.69, 9.17) is 32.7 Å². The van der Waals surface area contributed by atoms with Gasteiger partial charge >= 0.3 is 0 Å². The van der Waals surface area contributed by atoms with Crippen molar-refractivity contribution in [1.29, 1.82) is 0 Å². The van der Waals surface area contributed by atoms with Gasteiger partial charge in [-0.25, -0.2) is 0 Å². The average molecular weight is 466 g/mol. The SMILES string of the molecule is COc1cc(/C=C2/SC(=O)N(Cc3c(Cl)cccc3Cl)C2=O)ccc1OCC(C)C. The standard InChI is InChI=1S/C22H21Cl2NO4S/c1-13(2)12-29-18-8-7-14(9-19(18)28-3)10-20-21(26)25(22(27)30-20)11-15-16(23)5-4-6-17(15)24/h4-10,13H,11-12H2,1-3H3/b20-10+. The Morgan fingerprint density at radius 1 is 1.10 bits per heavy atom. The molecule has 1 aliphatic rings. The van der Waals surface area contributed by atoms with Crippen LogP contribution in [0.4, 0.5) is 4.79 Å². The number of carbonyl (C=O) groups excluding carboxylic acids is 2. The van der Waals surface area contributed by atoms with Crippen molar-refractivity contribution in [3.05, 3.63) is 62.5 Å². The highest BCUT2D eigenvalue weighted by molar-refractivity contribution is 8.18. The lowest BCUT2D eigenvalue weighted by atomic mass is 10.1. The van der Waals surface area contributed by atoms with Crippen LogP contribution in [-0.2, 0) is 11.3 Å². The third-order valence-corrected chi connectivity index (χ3v) is 5.92. The van der Waals surface area contributed by atoms with E-state index in [-0.39, 0.29) is 17.7 Å². The van der Waals surface area contributed by atoms with Crippen LogP contribution in [0.1, 0.15) is 25.0 Å². The van der Waals surface area contributed by atoms with E-state index >= 15 is 0 Å². The van der Waals surface area contributed by atoms with Crippen molar-refractivity contribution >= 4 is 52.2 Å². The molecule has 158 valence electrons. The lowest BCUT2D eigenvalue weighted by Crippen LogP contribution is -2.27. The van der Waals surface area contributed by atoms with Crippen molar-refractivity contribution in [1.82, 2.24) is 4.90 Å². The van der Waals surface area contributed by atoms with E-state index in [9.17, 15) is 9.59 Å². The number of rotatable bonds is 7. The molecule has 1 saturated heterocycles. The van der Waals surface area contributed by atoms with Gasteiger partial charge in [0.05, 0.1) is 25.2 Å². The van der Waals surface area contributed by atoms with Crippen LogP contribution in [0.25, 0.3) is 6.08 Å². The van der Waals surface area contributed by atoms with Crippen molar-refractivity contribution in [2.24, 2.45) is 5.92 Å². The van der Waals surface area contributed by atoms with Crippen molar-refractivity contribution in [2.75, 3.05) is 13.7 Å². The molecule has 0 atom stereocenters. The van der Waals surface area contributed by atoms with E-state index in [1.807, 2.05) is 6.07 Å². The molecule has 5 nitrogen and oxygen atoms in total. The van der Waals surface area contributed by atoms with Crippen molar-refractivity contribution in [2.45, 2.75) is 20.4 Å². The zero-order valence-corrected chi connectivity index (χ0v) is 19.1. The lowest BCUT2D eigenvalue weighted by molar-refractivity contribution is -0.123. The quantitative estimate of drug-likeness (QED) is 0.450. The fourth-order valence-electron chi connectivity index (χ4n) is 2.78. The minimum Gasteiger partial charge on any atom is -0.493 e. The molecule has 2 amide bonds. The summed E-state index contributed by atoms with van der Waals surface area (Å²) in [5.74, 6) is 1.18. The zero-order valence-electron chi connectivity index (χ0n) is 16.8. The number of methoxy groups -OCH3 is 1. The molecule has 0 saturated carbocycles. The molecule has 0 bridgehead atoms. The summed E-state index contributed by atoms with van der Waals surface area (Å²) in [6.07, 6.45) is 1.66. The molecule has 8 heteroatoms. The van der Waals surface area contributed by atoms with Crippen LogP contribution in [0.3, 0.4) is 0 Å². The first kappa shape index (κ1) is 22.5. The van der Waals surface area contributed by atoms with Gasteiger partial charge in [-0.3, -0.25) is 14.5 Å². The number of thioether (sulfide) groups is 1. The van der Waals surface area contributed by atoms with E-state index in [0.29, 0.717) is 44.5 Å². The molecule has 0 aromatic heterocycles. The van der Waals surface area contributed by atoms with Crippen LogP contribution in [0.15, 0.2) is 41.3 Å². The predicted octanol–water partition coefficient (Wildman–Crippen LogP) is 6.27. The van der Waals surface area contributed by atoms with Crippen LogP contribution in [-0.4, -0.2) is 29.8 Å². The van der Waals surface area contributed by atoms with Gasteiger partial charge in [-0.2, -0.15) is 0 Å². The van der Waals surface area contributed by atoms with E-state index in [0.717, 1.165) is 22.2 Å². The second kappa shape index (κ2) is 9.77. The summed E-state index contributed by atoms with van der Waals surface area (Å²) >= 11 is 13.2. The minimum absolute atomic E-state index is 0.0197. The van der Waals surface area contributed by atoms with Gasteiger partial charge in [0.15, 0.2) is 11.5 Å². The summed E-state index contributed by atoms with van der Waals surface area (Å²) in [6, 6.07) is 10.4. The molecule has 0 radical (unpaired) electrons. The number of carbonyl (C=O) groups is 2. The molecule has 0 N–H and O–H groups in total. The topological polar surface area (TPSA) is 55.8 Å².